The Labute approximate surface area is 181 Å². The molecular formula is C26H16F5N. The molecule has 0 N–H and O–H groups in total. The second-order valence-corrected chi connectivity index (χ2v) is 6.91. The number of nitrogens with zero attached hydrogens (tertiary/aromatic N) is 1. The molecule has 0 atom stereocenters. The van der Waals surface area contributed by atoms with Crippen molar-refractivity contribution in [3.05, 3.63) is 125 Å². The van der Waals surface area contributed by atoms with Gasteiger partial charge >= 0.3 is 0 Å². The highest BCUT2D eigenvalue weighted by molar-refractivity contribution is 5.78. The van der Waals surface area contributed by atoms with Gasteiger partial charge in [-0.05, 0) is 48.0 Å². The topological polar surface area (TPSA) is 3.24 Å². The third-order valence-electron chi connectivity index (χ3n) is 4.87. The molecule has 0 bridgehead atoms. The van der Waals surface area contributed by atoms with E-state index in [0.717, 1.165) is 23.1 Å². The second kappa shape index (κ2) is 9.06. The van der Waals surface area contributed by atoms with Crippen LogP contribution in [0.4, 0.5) is 39.0 Å². The van der Waals surface area contributed by atoms with Crippen LogP contribution in [-0.4, -0.2) is 0 Å². The molecule has 32 heavy (non-hydrogen) atoms. The normalized spacial score (nSPS) is 11.2. The molecule has 0 aliphatic heterocycles. The summed E-state index contributed by atoms with van der Waals surface area (Å²) < 4.78 is 67.7. The van der Waals surface area contributed by atoms with Gasteiger partial charge in [0.25, 0.3) is 0 Å². The Kier molecular flexibility index (Phi) is 6.03. The van der Waals surface area contributed by atoms with Crippen LogP contribution < -0.4 is 4.90 Å². The zero-order chi connectivity index (χ0) is 22.7. The van der Waals surface area contributed by atoms with E-state index in [9.17, 15) is 22.0 Å². The average Bonchev–Trinajstić information content (AvgIpc) is 2.84. The summed E-state index contributed by atoms with van der Waals surface area (Å²) >= 11 is 0. The lowest BCUT2D eigenvalue weighted by Gasteiger charge is -2.25. The van der Waals surface area contributed by atoms with E-state index in [-0.39, 0.29) is 0 Å². The van der Waals surface area contributed by atoms with E-state index in [1.54, 1.807) is 24.3 Å². The number of hydrogen-bond acceptors (Lipinski definition) is 1. The summed E-state index contributed by atoms with van der Waals surface area (Å²) in [5, 5.41) is 0. The minimum absolute atomic E-state index is 0.527. The summed E-state index contributed by atoms with van der Waals surface area (Å²) in [6, 6.07) is 26.4. The Bertz CT molecular complexity index is 1180. The van der Waals surface area contributed by atoms with Gasteiger partial charge < -0.3 is 4.90 Å². The number of para-hydroxylation sites is 2. The van der Waals surface area contributed by atoms with Gasteiger partial charge in [-0.3, -0.25) is 0 Å². The van der Waals surface area contributed by atoms with Gasteiger partial charge in [-0.2, -0.15) is 0 Å². The van der Waals surface area contributed by atoms with Gasteiger partial charge in [0.1, 0.15) is 0 Å². The highest BCUT2D eigenvalue weighted by atomic mass is 19.2. The van der Waals surface area contributed by atoms with Gasteiger partial charge in [0.15, 0.2) is 23.3 Å². The lowest BCUT2D eigenvalue weighted by atomic mass is 10.1. The average molecular weight is 437 g/mol. The van der Waals surface area contributed by atoms with Crippen LogP contribution in [0.3, 0.4) is 0 Å². The van der Waals surface area contributed by atoms with E-state index in [1.165, 1.54) is 6.08 Å². The molecule has 0 fully saturated rings. The third kappa shape index (κ3) is 4.12. The molecule has 160 valence electrons. The van der Waals surface area contributed by atoms with Crippen molar-refractivity contribution in [2.75, 3.05) is 4.90 Å². The molecule has 0 aromatic heterocycles. The molecule has 0 aliphatic rings. The SMILES string of the molecule is Fc1c(F)c(F)c(/C=C/c2ccc(N(c3ccccc3)c3ccccc3)cc2)c(F)c1F. The number of halogens is 5. The van der Waals surface area contributed by atoms with Crippen molar-refractivity contribution in [3.63, 3.8) is 0 Å². The molecule has 1 nitrogen and oxygen atoms in total. The largest absolute Gasteiger partial charge is 0.311 e. The maximum Gasteiger partial charge on any atom is 0.200 e. The first kappa shape index (κ1) is 21.3. The highest BCUT2D eigenvalue weighted by Gasteiger charge is 2.24. The van der Waals surface area contributed by atoms with Gasteiger partial charge in [-0.25, -0.2) is 22.0 Å². The fraction of sp³-hybridized carbons (Fsp3) is 0. The molecule has 4 rings (SSSR count). The van der Waals surface area contributed by atoms with Crippen molar-refractivity contribution in [2.45, 2.75) is 0 Å². The molecule has 0 radical (unpaired) electrons. The van der Waals surface area contributed by atoms with Crippen LogP contribution in [0, 0.1) is 29.1 Å². The van der Waals surface area contributed by atoms with Gasteiger partial charge in [0.05, 0.1) is 5.56 Å². The summed E-state index contributed by atoms with van der Waals surface area (Å²) in [5.41, 5.74) is 2.24. The van der Waals surface area contributed by atoms with E-state index in [4.69, 9.17) is 0 Å². The molecule has 0 amide bonds. The lowest BCUT2D eigenvalue weighted by molar-refractivity contribution is 0.377. The van der Waals surface area contributed by atoms with Crippen molar-refractivity contribution in [3.8, 4) is 0 Å². The van der Waals surface area contributed by atoms with Gasteiger partial charge in [0.2, 0.25) is 5.82 Å². The minimum atomic E-state index is -2.18. The first-order valence-electron chi connectivity index (χ1n) is 9.67. The quantitative estimate of drug-likeness (QED) is 0.132. The first-order chi connectivity index (χ1) is 15.5. The summed E-state index contributed by atoms with van der Waals surface area (Å²) in [4.78, 5) is 2.03. The zero-order valence-electron chi connectivity index (χ0n) is 16.6. The molecule has 0 saturated carbocycles. The fourth-order valence-corrected chi connectivity index (χ4v) is 3.28. The van der Waals surface area contributed by atoms with Crippen LogP contribution in [0.15, 0.2) is 84.9 Å². The van der Waals surface area contributed by atoms with E-state index >= 15 is 0 Å². The predicted octanol–water partition coefficient (Wildman–Crippen LogP) is 8.02. The van der Waals surface area contributed by atoms with Crippen LogP contribution in [0.1, 0.15) is 11.1 Å². The summed E-state index contributed by atoms with van der Waals surface area (Å²) in [7, 11) is 0. The van der Waals surface area contributed by atoms with E-state index in [2.05, 4.69) is 0 Å². The Morgan fingerprint density at radius 1 is 0.438 bits per heavy atom. The lowest BCUT2D eigenvalue weighted by Crippen LogP contribution is -2.09. The number of rotatable bonds is 5. The predicted molar refractivity (Wildman–Crippen MR) is 116 cm³/mol. The third-order valence-corrected chi connectivity index (χ3v) is 4.87. The summed E-state index contributed by atoms with van der Waals surface area (Å²) in [5.74, 6) is -9.86. The van der Waals surface area contributed by atoms with Crippen molar-refractivity contribution in [1.82, 2.24) is 0 Å². The van der Waals surface area contributed by atoms with E-state index in [0.29, 0.717) is 5.56 Å². The monoisotopic (exact) mass is 437 g/mol. The minimum Gasteiger partial charge on any atom is -0.311 e. The highest BCUT2D eigenvalue weighted by Crippen LogP contribution is 2.34. The maximum absolute atomic E-state index is 13.9. The van der Waals surface area contributed by atoms with Crippen LogP contribution in [0.25, 0.3) is 12.2 Å². The van der Waals surface area contributed by atoms with E-state index in [1.807, 2.05) is 65.6 Å². The molecule has 0 unspecified atom stereocenters. The smallest absolute Gasteiger partial charge is 0.200 e. The van der Waals surface area contributed by atoms with E-state index < -0.39 is 34.6 Å². The molecule has 0 spiro atoms. The van der Waals surface area contributed by atoms with Crippen molar-refractivity contribution >= 4 is 29.2 Å². The van der Waals surface area contributed by atoms with Crippen LogP contribution in [0.5, 0.6) is 0 Å². The number of benzene rings is 4. The van der Waals surface area contributed by atoms with Crippen LogP contribution in [0.2, 0.25) is 0 Å². The molecule has 0 aliphatic carbocycles. The van der Waals surface area contributed by atoms with Crippen molar-refractivity contribution < 1.29 is 22.0 Å². The molecular weight excluding hydrogens is 421 g/mol. The Morgan fingerprint density at radius 2 is 0.844 bits per heavy atom. The number of hydrogen-bond donors (Lipinski definition) is 0. The van der Waals surface area contributed by atoms with Crippen LogP contribution >= 0.6 is 0 Å². The van der Waals surface area contributed by atoms with Crippen molar-refractivity contribution in [1.29, 1.82) is 0 Å². The molecule has 4 aromatic rings. The zero-order valence-corrected chi connectivity index (χ0v) is 16.6. The fourth-order valence-electron chi connectivity index (χ4n) is 3.28. The Balaban J connectivity index is 1.67. The maximum atomic E-state index is 13.9. The Hall–Kier alpha value is -3.93. The molecule has 0 heterocycles. The standard InChI is InChI=1S/C26H16F5N/c27-22-21(23(28)25(30)26(31)24(22)29)16-13-17-11-14-20(15-12-17)32(18-7-3-1-4-8-18)19-9-5-2-6-10-19/h1-16H/b16-13+. The molecule has 0 saturated heterocycles. The summed E-state index contributed by atoms with van der Waals surface area (Å²) in [6.07, 6.45) is 2.16. The van der Waals surface area contributed by atoms with Crippen LogP contribution in [-0.2, 0) is 0 Å². The molecule has 4 aromatic carbocycles. The Morgan fingerprint density at radius 3 is 1.31 bits per heavy atom. The first-order valence-corrected chi connectivity index (χ1v) is 9.67. The molecule has 6 heteroatoms. The number of anilines is 3. The van der Waals surface area contributed by atoms with Gasteiger partial charge in [-0.15, -0.1) is 0 Å². The summed E-state index contributed by atoms with van der Waals surface area (Å²) in [6.45, 7) is 0. The van der Waals surface area contributed by atoms with Gasteiger partial charge in [0, 0.05) is 17.1 Å². The second-order valence-electron chi connectivity index (χ2n) is 6.91. The van der Waals surface area contributed by atoms with Gasteiger partial charge in [-0.1, -0.05) is 54.6 Å². The van der Waals surface area contributed by atoms with Crippen molar-refractivity contribution in [2.24, 2.45) is 0 Å².